The summed E-state index contributed by atoms with van der Waals surface area (Å²) in [6.07, 6.45) is 7.51. The molecule has 1 nitrogen and oxygen atoms in total. The topological polar surface area (TPSA) is 9.23 Å². The van der Waals surface area contributed by atoms with Gasteiger partial charge in [0.15, 0.2) is 0 Å². The van der Waals surface area contributed by atoms with Crippen LogP contribution in [-0.4, -0.2) is 12.2 Å². The summed E-state index contributed by atoms with van der Waals surface area (Å²) >= 11 is 0. The van der Waals surface area contributed by atoms with Crippen LogP contribution in [0.5, 0.6) is 0 Å². The highest BCUT2D eigenvalue weighted by Gasteiger charge is 2.41. The molecule has 2 heteroatoms. The molecule has 1 unspecified atom stereocenters. The molecule has 0 aromatic heterocycles. The maximum Gasteiger partial charge on any atom is 0.123 e. The molecule has 0 bridgehead atoms. The Labute approximate surface area is 102 Å². The van der Waals surface area contributed by atoms with Gasteiger partial charge < -0.3 is 4.74 Å². The molecule has 0 amide bonds. The van der Waals surface area contributed by atoms with Gasteiger partial charge in [0.2, 0.25) is 0 Å². The molecule has 1 aromatic carbocycles. The minimum absolute atomic E-state index is 0.150. The van der Waals surface area contributed by atoms with Crippen LogP contribution in [0, 0.1) is 5.82 Å². The van der Waals surface area contributed by atoms with Crippen LogP contribution in [0.1, 0.15) is 50.0 Å². The van der Waals surface area contributed by atoms with Crippen molar-refractivity contribution in [2.24, 2.45) is 0 Å². The second kappa shape index (κ2) is 4.41. The van der Waals surface area contributed by atoms with E-state index in [1.165, 1.54) is 37.7 Å². The highest BCUT2D eigenvalue weighted by atomic mass is 19.1. The fraction of sp³-hybridized carbons (Fsp3) is 0.600. The van der Waals surface area contributed by atoms with E-state index >= 15 is 0 Å². The Kier molecular flexibility index (Phi) is 2.91. The van der Waals surface area contributed by atoms with Gasteiger partial charge >= 0.3 is 0 Å². The van der Waals surface area contributed by atoms with Crippen molar-refractivity contribution < 1.29 is 9.13 Å². The van der Waals surface area contributed by atoms with Gasteiger partial charge in [-0.2, -0.15) is 0 Å². The van der Waals surface area contributed by atoms with E-state index in [1.54, 1.807) is 12.1 Å². The monoisotopic (exact) mass is 234 g/mol. The molecule has 3 rings (SSSR count). The van der Waals surface area contributed by atoms with E-state index in [0.717, 1.165) is 13.0 Å². The Morgan fingerprint density at radius 1 is 1.06 bits per heavy atom. The van der Waals surface area contributed by atoms with Crippen LogP contribution in [0.15, 0.2) is 24.3 Å². The molecule has 17 heavy (non-hydrogen) atoms. The standard InChI is InChI=1S/C15H19FO/c16-14-6-4-12(5-7-14)13-10-15(17-11-13)8-2-1-3-9-15/h4-7,13H,1-3,8-11H2. The molecule has 92 valence electrons. The van der Waals surface area contributed by atoms with Crippen LogP contribution >= 0.6 is 0 Å². The Bertz CT molecular complexity index is 378. The molecule has 1 atom stereocenters. The zero-order valence-electron chi connectivity index (χ0n) is 10.1. The lowest BCUT2D eigenvalue weighted by Crippen LogP contribution is -2.30. The lowest BCUT2D eigenvalue weighted by atomic mass is 9.79. The molecule has 1 spiro atoms. The molecular weight excluding hydrogens is 215 g/mol. The molecular formula is C15H19FO. The molecule has 0 N–H and O–H groups in total. The number of ether oxygens (including phenoxy) is 1. The van der Waals surface area contributed by atoms with Gasteiger partial charge in [0, 0.05) is 5.92 Å². The van der Waals surface area contributed by atoms with Crippen LogP contribution in [0.2, 0.25) is 0 Å². The van der Waals surface area contributed by atoms with E-state index in [0.29, 0.717) is 5.92 Å². The Morgan fingerprint density at radius 3 is 2.47 bits per heavy atom. The van der Waals surface area contributed by atoms with Gasteiger partial charge in [0.25, 0.3) is 0 Å². The average molecular weight is 234 g/mol. The quantitative estimate of drug-likeness (QED) is 0.712. The van der Waals surface area contributed by atoms with Crippen molar-refractivity contribution >= 4 is 0 Å². The highest BCUT2D eigenvalue weighted by molar-refractivity contribution is 5.22. The van der Waals surface area contributed by atoms with Crippen molar-refractivity contribution in [2.75, 3.05) is 6.61 Å². The Balaban J connectivity index is 1.72. The summed E-state index contributed by atoms with van der Waals surface area (Å²) in [5.41, 5.74) is 1.38. The van der Waals surface area contributed by atoms with Crippen LogP contribution in [0.4, 0.5) is 4.39 Å². The molecule has 1 aromatic rings. The molecule has 1 aliphatic heterocycles. The van der Waals surface area contributed by atoms with Gasteiger partial charge in [-0.3, -0.25) is 0 Å². The predicted molar refractivity (Wildman–Crippen MR) is 65.5 cm³/mol. The van der Waals surface area contributed by atoms with Gasteiger partial charge in [0.05, 0.1) is 12.2 Å². The third-order valence-corrected chi connectivity index (χ3v) is 4.32. The van der Waals surface area contributed by atoms with E-state index in [-0.39, 0.29) is 11.4 Å². The van der Waals surface area contributed by atoms with Crippen molar-refractivity contribution in [3.05, 3.63) is 35.6 Å². The maximum absolute atomic E-state index is 12.9. The van der Waals surface area contributed by atoms with Crippen LogP contribution < -0.4 is 0 Å². The van der Waals surface area contributed by atoms with Crippen molar-refractivity contribution in [3.63, 3.8) is 0 Å². The highest BCUT2D eigenvalue weighted by Crippen LogP contribution is 2.44. The second-order valence-corrected chi connectivity index (χ2v) is 5.51. The maximum atomic E-state index is 12.9. The van der Waals surface area contributed by atoms with Crippen LogP contribution in [-0.2, 0) is 4.74 Å². The van der Waals surface area contributed by atoms with E-state index in [2.05, 4.69) is 0 Å². The first-order valence-electron chi connectivity index (χ1n) is 6.67. The Hall–Kier alpha value is -0.890. The smallest absolute Gasteiger partial charge is 0.123 e. The summed E-state index contributed by atoms with van der Waals surface area (Å²) in [6, 6.07) is 6.93. The number of halogens is 1. The van der Waals surface area contributed by atoms with Gasteiger partial charge in [-0.15, -0.1) is 0 Å². The SMILES string of the molecule is Fc1ccc(C2COC3(CCCCC3)C2)cc1. The molecule has 2 fully saturated rings. The summed E-state index contributed by atoms with van der Waals surface area (Å²) < 4.78 is 19.0. The predicted octanol–water partition coefficient (Wildman–Crippen LogP) is 4.03. The van der Waals surface area contributed by atoms with Gasteiger partial charge in [-0.1, -0.05) is 31.4 Å². The third-order valence-electron chi connectivity index (χ3n) is 4.32. The molecule has 2 aliphatic rings. The minimum Gasteiger partial charge on any atom is -0.374 e. The molecule has 1 saturated heterocycles. The lowest BCUT2D eigenvalue weighted by molar-refractivity contribution is -0.0245. The Morgan fingerprint density at radius 2 is 1.76 bits per heavy atom. The summed E-state index contributed by atoms with van der Waals surface area (Å²) in [5.74, 6) is 0.314. The van der Waals surface area contributed by atoms with Crippen molar-refractivity contribution in [1.29, 1.82) is 0 Å². The minimum atomic E-state index is -0.153. The zero-order valence-corrected chi connectivity index (χ0v) is 10.1. The summed E-state index contributed by atoms with van der Waals surface area (Å²) in [7, 11) is 0. The first kappa shape index (κ1) is 11.2. The van der Waals surface area contributed by atoms with E-state index in [9.17, 15) is 4.39 Å². The molecule has 1 heterocycles. The second-order valence-electron chi connectivity index (χ2n) is 5.51. The summed E-state index contributed by atoms with van der Waals surface area (Å²) in [5, 5.41) is 0. The zero-order chi connectivity index (χ0) is 11.7. The van der Waals surface area contributed by atoms with Crippen molar-refractivity contribution in [1.82, 2.24) is 0 Å². The van der Waals surface area contributed by atoms with Gasteiger partial charge in [0.1, 0.15) is 5.82 Å². The van der Waals surface area contributed by atoms with Gasteiger partial charge in [-0.05, 0) is 37.0 Å². The number of hydrogen-bond acceptors (Lipinski definition) is 1. The number of benzene rings is 1. The van der Waals surface area contributed by atoms with E-state index in [4.69, 9.17) is 4.74 Å². The van der Waals surface area contributed by atoms with Crippen molar-refractivity contribution in [3.8, 4) is 0 Å². The van der Waals surface area contributed by atoms with Crippen LogP contribution in [0.3, 0.4) is 0 Å². The molecule has 1 aliphatic carbocycles. The third kappa shape index (κ3) is 2.23. The summed E-state index contributed by atoms with van der Waals surface area (Å²) in [4.78, 5) is 0. The normalized spacial score (nSPS) is 27.5. The average Bonchev–Trinajstić information content (AvgIpc) is 2.75. The largest absolute Gasteiger partial charge is 0.374 e. The van der Waals surface area contributed by atoms with Crippen LogP contribution in [0.25, 0.3) is 0 Å². The fourth-order valence-electron chi connectivity index (χ4n) is 3.34. The number of hydrogen-bond donors (Lipinski definition) is 0. The first-order valence-corrected chi connectivity index (χ1v) is 6.67. The fourth-order valence-corrected chi connectivity index (χ4v) is 3.34. The van der Waals surface area contributed by atoms with E-state index in [1.807, 2.05) is 12.1 Å². The molecule has 0 radical (unpaired) electrons. The van der Waals surface area contributed by atoms with Crippen molar-refractivity contribution in [2.45, 2.75) is 50.0 Å². The van der Waals surface area contributed by atoms with Gasteiger partial charge in [-0.25, -0.2) is 4.39 Å². The number of rotatable bonds is 1. The lowest BCUT2D eigenvalue weighted by Gasteiger charge is -2.32. The van der Waals surface area contributed by atoms with E-state index < -0.39 is 0 Å². The first-order chi connectivity index (χ1) is 8.27. The summed E-state index contributed by atoms with van der Waals surface area (Å²) in [6.45, 7) is 0.811. The molecule has 1 saturated carbocycles.